The van der Waals surface area contributed by atoms with Crippen molar-refractivity contribution < 1.29 is 39.5 Å². The average molecular weight is 216 g/mol. The van der Waals surface area contributed by atoms with Gasteiger partial charge in [0.2, 0.25) is 0 Å². The van der Waals surface area contributed by atoms with Gasteiger partial charge in [0.15, 0.2) is 0 Å². The largest absolute Gasteiger partial charge is 1.00 e. The summed E-state index contributed by atoms with van der Waals surface area (Å²) in [6.07, 6.45) is 1.22. The fraction of sp³-hybridized carbons (Fsp3) is 0.125. The van der Waals surface area contributed by atoms with Crippen LogP contribution in [0, 0.1) is 0 Å². The van der Waals surface area contributed by atoms with Gasteiger partial charge in [-0.3, -0.25) is 0 Å². The van der Waals surface area contributed by atoms with Crippen LogP contribution >= 0.6 is 11.3 Å². The van der Waals surface area contributed by atoms with Crippen molar-refractivity contribution in [2.24, 2.45) is 0 Å². The molecule has 0 atom stereocenters. The van der Waals surface area contributed by atoms with Gasteiger partial charge < -0.3 is 9.90 Å². The van der Waals surface area contributed by atoms with Crippen LogP contribution in [0.3, 0.4) is 0 Å². The quantitative estimate of drug-likeness (QED) is 0.501. The van der Waals surface area contributed by atoms with Crippen LogP contribution in [0.5, 0.6) is 0 Å². The Morgan fingerprint density at radius 1 is 1.50 bits per heavy atom. The molecular weight excluding hydrogens is 211 g/mol. The number of carboxylic acids is 1. The van der Waals surface area contributed by atoms with E-state index in [4.69, 9.17) is 0 Å². The number of rotatable bonds is 2. The maximum atomic E-state index is 10.4. The van der Waals surface area contributed by atoms with Gasteiger partial charge in [-0.2, -0.15) is 0 Å². The smallest absolute Gasteiger partial charge is 0.550 e. The normalized spacial score (nSPS) is 9.71. The Bertz CT molecular complexity index is 457. The van der Waals surface area contributed by atoms with Gasteiger partial charge in [-0.05, 0) is 11.4 Å². The van der Waals surface area contributed by atoms with Gasteiger partial charge in [0.25, 0.3) is 0 Å². The van der Waals surface area contributed by atoms with Gasteiger partial charge in [0, 0.05) is 17.8 Å². The van der Waals surface area contributed by atoms with E-state index in [-0.39, 0.29) is 36.0 Å². The zero-order valence-electron chi connectivity index (χ0n) is 7.56. The monoisotopic (exact) mass is 216 g/mol. The molecule has 0 saturated heterocycles. The predicted octanol–water partition coefficient (Wildman–Crippen LogP) is -3.01. The van der Waals surface area contributed by atoms with Crippen LogP contribution < -0.4 is 34.7 Å². The number of aliphatic carboxylic acids is 1. The molecule has 0 saturated carbocycles. The van der Waals surface area contributed by atoms with Crippen molar-refractivity contribution in [1.82, 2.24) is 9.97 Å². The molecule has 2 aromatic rings. The summed E-state index contributed by atoms with van der Waals surface area (Å²) in [6.45, 7) is 0. The van der Waals surface area contributed by atoms with E-state index < -0.39 is 5.97 Å². The van der Waals surface area contributed by atoms with Crippen LogP contribution in [0.25, 0.3) is 10.2 Å². The van der Waals surface area contributed by atoms with Crippen LogP contribution in [0.2, 0.25) is 0 Å². The van der Waals surface area contributed by atoms with Crippen LogP contribution in [-0.2, 0) is 11.2 Å². The van der Waals surface area contributed by atoms with E-state index in [1.165, 1.54) is 17.7 Å². The Morgan fingerprint density at radius 2 is 2.29 bits per heavy atom. The summed E-state index contributed by atoms with van der Waals surface area (Å²) in [5, 5.41) is 13.0. The average Bonchev–Trinajstić information content (AvgIpc) is 2.51. The van der Waals surface area contributed by atoms with Crippen LogP contribution in [-0.4, -0.2) is 15.9 Å². The van der Waals surface area contributed by atoms with Crippen LogP contribution in [0.15, 0.2) is 17.8 Å². The standard InChI is InChI=1S/C8H6N2O2S.Na/c11-7(12)3-6-5-1-2-13-8(5)10-4-9-6;/h1-2,4H,3H2,(H,11,12);/q;+1/p-1. The van der Waals surface area contributed by atoms with E-state index in [0.717, 1.165) is 10.2 Å². The van der Waals surface area contributed by atoms with Crippen molar-refractivity contribution in [3.05, 3.63) is 23.5 Å². The summed E-state index contributed by atoms with van der Waals surface area (Å²) in [4.78, 5) is 19.1. The minimum atomic E-state index is -1.12. The summed E-state index contributed by atoms with van der Waals surface area (Å²) >= 11 is 1.46. The number of thiophene rings is 1. The molecule has 0 N–H and O–H groups in total. The molecule has 0 fully saturated rings. The first-order chi connectivity index (χ1) is 6.27. The SMILES string of the molecule is O=C([O-])Cc1ncnc2sccc12.[Na+]. The van der Waals surface area contributed by atoms with Crippen LogP contribution in [0.1, 0.15) is 5.69 Å². The van der Waals surface area contributed by atoms with E-state index in [1.807, 2.05) is 11.4 Å². The second kappa shape index (κ2) is 4.84. The van der Waals surface area contributed by atoms with Crippen LogP contribution in [0.4, 0.5) is 0 Å². The molecule has 6 heteroatoms. The topological polar surface area (TPSA) is 65.9 Å². The van der Waals surface area contributed by atoms with Crippen molar-refractivity contribution >= 4 is 27.5 Å². The molecule has 4 nitrogen and oxygen atoms in total. The second-order valence-electron chi connectivity index (χ2n) is 2.51. The first kappa shape index (κ1) is 11.6. The number of carbonyl (C=O) groups excluding carboxylic acids is 1. The number of hydrogen-bond donors (Lipinski definition) is 0. The summed E-state index contributed by atoms with van der Waals surface area (Å²) in [5.74, 6) is -1.12. The third-order valence-corrected chi connectivity index (χ3v) is 2.48. The Balaban J connectivity index is 0.000000980. The molecule has 0 aliphatic heterocycles. The van der Waals surface area contributed by atoms with E-state index in [0.29, 0.717) is 5.69 Å². The van der Waals surface area contributed by atoms with Crippen molar-refractivity contribution in [1.29, 1.82) is 0 Å². The minimum absolute atomic E-state index is 0. The number of nitrogens with zero attached hydrogens (tertiary/aromatic N) is 2. The van der Waals surface area contributed by atoms with Gasteiger partial charge in [-0.25, -0.2) is 9.97 Å². The summed E-state index contributed by atoms with van der Waals surface area (Å²) in [6, 6.07) is 1.82. The Hall–Kier alpha value is -0.490. The van der Waals surface area contributed by atoms with E-state index in [2.05, 4.69) is 9.97 Å². The summed E-state index contributed by atoms with van der Waals surface area (Å²) < 4.78 is 0. The molecule has 2 aromatic heterocycles. The third-order valence-electron chi connectivity index (χ3n) is 1.66. The molecule has 0 aromatic carbocycles. The van der Waals surface area contributed by atoms with Gasteiger partial charge in [0.05, 0.1) is 5.69 Å². The minimum Gasteiger partial charge on any atom is -0.550 e. The van der Waals surface area contributed by atoms with E-state index in [9.17, 15) is 9.90 Å². The van der Waals surface area contributed by atoms with Gasteiger partial charge in [-0.15, -0.1) is 11.3 Å². The predicted molar refractivity (Wildman–Crippen MR) is 46.1 cm³/mol. The molecule has 14 heavy (non-hydrogen) atoms. The number of carbonyl (C=O) groups is 1. The Labute approximate surface area is 106 Å². The molecule has 0 radical (unpaired) electrons. The van der Waals surface area contributed by atoms with Gasteiger partial charge in [-0.1, -0.05) is 0 Å². The molecule has 0 spiro atoms. The Kier molecular flexibility index (Phi) is 4.00. The summed E-state index contributed by atoms with van der Waals surface area (Å²) in [7, 11) is 0. The number of aromatic nitrogens is 2. The van der Waals surface area contributed by atoms with Crippen molar-refractivity contribution in [3.8, 4) is 0 Å². The van der Waals surface area contributed by atoms with Gasteiger partial charge in [0.1, 0.15) is 11.2 Å². The molecule has 2 heterocycles. The number of fused-ring (bicyclic) bond motifs is 1. The molecule has 66 valence electrons. The fourth-order valence-electron chi connectivity index (χ4n) is 1.12. The first-order valence-corrected chi connectivity index (χ1v) is 4.52. The molecule has 2 rings (SSSR count). The van der Waals surface area contributed by atoms with E-state index >= 15 is 0 Å². The number of carboxylic acid groups (broad SMARTS) is 1. The Morgan fingerprint density at radius 3 is 3.00 bits per heavy atom. The molecule has 0 bridgehead atoms. The zero-order chi connectivity index (χ0) is 9.26. The fourth-order valence-corrected chi connectivity index (χ4v) is 1.87. The number of hydrogen-bond acceptors (Lipinski definition) is 5. The van der Waals surface area contributed by atoms with Crippen molar-refractivity contribution in [3.63, 3.8) is 0 Å². The first-order valence-electron chi connectivity index (χ1n) is 3.64. The van der Waals surface area contributed by atoms with Gasteiger partial charge >= 0.3 is 29.6 Å². The molecule has 0 aliphatic carbocycles. The summed E-state index contributed by atoms with van der Waals surface area (Å²) in [5.41, 5.74) is 0.520. The zero-order valence-corrected chi connectivity index (χ0v) is 10.4. The third kappa shape index (κ3) is 2.30. The second-order valence-corrected chi connectivity index (χ2v) is 3.40. The van der Waals surface area contributed by atoms with Crippen molar-refractivity contribution in [2.45, 2.75) is 6.42 Å². The molecule has 0 unspecified atom stereocenters. The molecule has 0 aliphatic rings. The van der Waals surface area contributed by atoms with Crippen molar-refractivity contribution in [2.75, 3.05) is 0 Å². The molecule has 0 amide bonds. The van der Waals surface area contributed by atoms with E-state index in [1.54, 1.807) is 0 Å². The molecular formula is C8H5N2NaO2S. The maximum Gasteiger partial charge on any atom is 1.00 e. The maximum absolute atomic E-state index is 10.4.